The number of aliphatic imine (C=N–C) groups is 2. The van der Waals surface area contributed by atoms with Gasteiger partial charge in [0.15, 0.2) is 0 Å². The van der Waals surface area contributed by atoms with Gasteiger partial charge in [-0.1, -0.05) is 6.58 Å². The quantitative estimate of drug-likeness (QED) is 0.232. The van der Waals surface area contributed by atoms with Gasteiger partial charge in [-0.05, 0) is 0 Å². The lowest BCUT2D eigenvalue weighted by Crippen LogP contribution is -2.49. The Labute approximate surface area is 180 Å². The highest BCUT2D eigenvalue weighted by Crippen LogP contribution is 2.06. The number of hydrogen-bond acceptors (Lipinski definition) is 7. The highest BCUT2D eigenvalue weighted by molar-refractivity contribution is 5.90. The van der Waals surface area contributed by atoms with Crippen LogP contribution in [0, 0.1) is 0 Å². The first-order chi connectivity index (χ1) is 14.9. The minimum Gasteiger partial charge on any atom is -0.387 e. The number of nitrogens with zero attached hydrogens (tertiary/aromatic N) is 3. The summed E-state index contributed by atoms with van der Waals surface area (Å²) in [5.74, 6) is -0.850. The summed E-state index contributed by atoms with van der Waals surface area (Å²) in [4.78, 5) is 52.4. The average molecular weight is 432 g/mol. The molecule has 0 saturated carbocycles. The summed E-state index contributed by atoms with van der Waals surface area (Å²) < 4.78 is 0. The highest BCUT2D eigenvalue weighted by atomic mass is 16.2. The van der Waals surface area contributed by atoms with Gasteiger partial charge in [0.1, 0.15) is 12.1 Å². The van der Waals surface area contributed by atoms with Crippen LogP contribution in [0.2, 0.25) is 0 Å². The van der Waals surface area contributed by atoms with Crippen LogP contribution in [-0.4, -0.2) is 72.1 Å². The van der Waals surface area contributed by atoms with Crippen LogP contribution in [-0.2, 0) is 20.8 Å². The van der Waals surface area contributed by atoms with Crippen LogP contribution < -0.4 is 27.0 Å². The van der Waals surface area contributed by atoms with E-state index >= 15 is 0 Å². The molecule has 2 rings (SSSR count). The van der Waals surface area contributed by atoms with Crippen molar-refractivity contribution >= 4 is 29.9 Å². The van der Waals surface area contributed by atoms with Gasteiger partial charge in [-0.2, -0.15) is 0 Å². The van der Waals surface area contributed by atoms with E-state index < -0.39 is 12.1 Å². The SMILES string of the molecule is C=C(C[C@@H]1N=C(N)CCNC(=O)[C@H](Cc2cnc[nH]2)NC(=O)CCNC1=O)NC=NC. The summed E-state index contributed by atoms with van der Waals surface area (Å²) in [6.45, 7) is 4.14. The molecule has 31 heavy (non-hydrogen) atoms. The fourth-order valence-corrected chi connectivity index (χ4v) is 2.86. The van der Waals surface area contributed by atoms with Gasteiger partial charge in [0, 0.05) is 63.4 Å². The van der Waals surface area contributed by atoms with E-state index in [-0.39, 0.29) is 62.3 Å². The predicted molar refractivity (Wildman–Crippen MR) is 116 cm³/mol. The maximum Gasteiger partial charge on any atom is 0.245 e. The van der Waals surface area contributed by atoms with Crippen LogP contribution in [0.1, 0.15) is 25.0 Å². The number of aromatic amines is 1. The maximum atomic E-state index is 12.6. The van der Waals surface area contributed by atoms with Crippen LogP contribution in [0.3, 0.4) is 0 Å². The second-order valence-electron chi connectivity index (χ2n) is 6.96. The number of rotatable bonds is 6. The van der Waals surface area contributed by atoms with Crippen molar-refractivity contribution in [2.24, 2.45) is 15.7 Å². The molecule has 1 aromatic rings. The van der Waals surface area contributed by atoms with Gasteiger partial charge in [0.2, 0.25) is 17.7 Å². The Hall–Kier alpha value is -3.70. The molecule has 12 heteroatoms. The van der Waals surface area contributed by atoms with Gasteiger partial charge < -0.3 is 32.0 Å². The zero-order chi connectivity index (χ0) is 22.6. The minimum absolute atomic E-state index is 0.00605. The van der Waals surface area contributed by atoms with E-state index in [4.69, 9.17) is 5.73 Å². The van der Waals surface area contributed by atoms with E-state index in [9.17, 15) is 14.4 Å². The fourth-order valence-electron chi connectivity index (χ4n) is 2.86. The minimum atomic E-state index is -0.819. The summed E-state index contributed by atoms with van der Waals surface area (Å²) in [7, 11) is 1.60. The number of imidazole rings is 1. The van der Waals surface area contributed by atoms with Crippen LogP contribution in [0.25, 0.3) is 0 Å². The van der Waals surface area contributed by atoms with Gasteiger partial charge >= 0.3 is 0 Å². The lowest BCUT2D eigenvalue weighted by Gasteiger charge is -2.20. The molecule has 0 fully saturated rings. The second-order valence-corrected chi connectivity index (χ2v) is 6.96. The number of aromatic nitrogens is 2. The molecule has 0 saturated heterocycles. The first kappa shape index (κ1) is 23.6. The third kappa shape index (κ3) is 8.28. The molecule has 0 radical (unpaired) electrons. The molecule has 7 N–H and O–H groups in total. The van der Waals surface area contributed by atoms with Gasteiger partial charge in [-0.15, -0.1) is 0 Å². The Morgan fingerprint density at radius 3 is 2.74 bits per heavy atom. The molecule has 0 bridgehead atoms. The Morgan fingerprint density at radius 2 is 2.03 bits per heavy atom. The first-order valence-corrected chi connectivity index (χ1v) is 9.88. The molecule has 168 valence electrons. The molecule has 12 nitrogen and oxygen atoms in total. The average Bonchev–Trinajstić information content (AvgIpc) is 3.23. The number of H-pyrrole nitrogens is 1. The van der Waals surface area contributed by atoms with E-state index in [2.05, 4.69) is 47.8 Å². The Balaban J connectivity index is 2.10. The molecule has 2 heterocycles. The van der Waals surface area contributed by atoms with Crippen molar-refractivity contribution < 1.29 is 14.4 Å². The van der Waals surface area contributed by atoms with Gasteiger partial charge in [0.25, 0.3) is 0 Å². The standard InChI is InChI=1S/C19H29N9O3/c1-12(25-10-21-2)7-14-18(30)24-6-4-17(29)28-15(8-13-9-22-11-26-13)19(31)23-5-3-16(20)27-14/h9-11,14-15H,1,3-8H2,2H3,(H2,20,27)(H,21,25)(H,22,26)(H,23,31)(H,24,30)(H,28,29)/t14-,15-/m0/s1. The summed E-state index contributed by atoms with van der Waals surface area (Å²) in [5, 5.41) is 11.0. The molecule has 0 unspecified atom stereocenters. The van der Waals surface area contributed by atoms with Gasteiger partial charge in [0.05, 0.1) is 18.5 Å². The van der Waals surface area contributed by atoms with E-state index in [0.717, 1.165) is 0 Å². The zero-order valence-electron chi connectivity index (χ0n) is 17.5. The van der Waals surface area contributed by atoms with Crippen molar-refractivity contribution in [3.63, 3.8) is 0 Å². The van der Waals surface area contributed by atoms with Crippen molar-refractivity contribution in [3.8, 4) is 0 Å². The van der Waals surface area contributed by atoms with Crippen molar-refractivity contribution in [3.05, 3.63) is 30.5 Å². The summed E-state index contributed by atoms with van der Waals surface area (Å²) in [6.07, 6.45) is 5.25. The molecule has 3 amide bonds. The van der Waals surface area contributed by atoms with Gasteiger partial charge in [-0.25, -0.2) is 4.98 Å². The topological polar surface area (TPSA) is 179 Å². The number of carbonyl (C=O) groups is 3. The predicted octanol–water partition coefficient (Wildman–Crippen LogP) is -1.66. The third-order valence-corrected chi connectivity index (χ3v) is 4.42. The van der Waals surface area contributed by atoms with Gasteiger partial charge in [-0.3, -0.25) is 24.4 Å². The van der Waals surface area contributed by atoms with E-state index in [0.29, 0.717) is 11.4 Å². The number of carbonyl (C=O) groups excluding carboxylic acids is 3. The number of amides is 3. The lowest BCUT2D eigenvalue weighted by molar-refractivity contribution is -0.129. The van der Waals surface area contributed by atoms with Crippen molar-refractivity contribution in [1.29, 1.82) is 0 Å². The third-order valence-electron chi connectivity index (χ3n) is 4.42. The molecule has 0 spiro atoms. The van der Waals surface area contributed by atoms with Crippen molar-refractivity contribution in [2.45, 2.75) is 37.8 Å². The monoisotopic (exact) mass is 431 g/mol. The normalized spacial score (nSPS) is 21.5. The lowest BCUT2D eigenvalue weighted by atomic mass is 10.1. The Morgan fingerprint density at radius 1 is 1.29 bits per heavy atom. The molecular weight excluding hydrogens is 402 g/mol. The van der Waals surface area contributed by atoms with E-state index in [1.165, 1.54) is 12.7 Å². The molecule has 0 aromatic carbocycles. The van der Waals surface area contributed by atoms with Crippen LogP contribution >= 0.6 is 0 Å². The molecule has 0 aliphatic carbocycles. The van der Waals surface area contributed by atoms with Crippen LogP contribution in [0.4, 0.5) is 0 Å². The number of hydrogen-bond donors (Lipinski definition) is 6. The smallest absolute Gasteiger partial charge is 0.245 e. The number of amidine groups is 1. The summed E-state index contributed by atoms with van der Waals surface area (Å²) in [5.41, 5.74) is 7.23. The Bertz CT molecular complexity index is 833. The second kappa shape index (κ2) is 12.1. The maximum absolute atomic E-state index is 12.6. The van der Waals surface area contributed by atoms with Crippen LogP contribution in [0.5, 0.6) is 0 Å². The molecule has 1 aliphatic heterocycles. The van der Waals surface area contributed by atoms with E-state index in [1.807, 2.05) is 0 Å². The Kier molecular flexibility index (Phi) is 9.20. The fraction of sp³-hybridized carbons (Fsp3) is 0.474. The zero-order valence-corrected chi connectivity index (χ0v) is 17.5. The van der Waals surface area contributed by atoms with Crippen LogP contribution in [0.15, 0.2) is 34.8 Å². The van der Waals surface area contributed by atoms with Crippen molar-refractivity contribution in [1.82, 2.24) is 31.2 Å². The first-order valence-electron chi connectivity index (χ1n) is 9.88. The molecule has 2 atom stereocenters. The highest BCUT2D eigenvalue weighted by Gasteiger charge is 2.23. The number of nitrogens with one attached hydrogen (secondary N) is 5. The summed E-state index contributed by atoms with van der Waals surface area (Å²) >= 11 is 0. The van der Waals surface area contributed by atoms with Crippen molar-refractivity contribution in [2.75, 3.05) is 20.1 Å². The molecular formula is C19H29N9O3. The molecule has 1 aromatic heterocycles. The molecule has 1 aliphatic rings. The number of nitrogens with two attached hydrogens (primary N) is 1. The summed E-state index contributed by atoms with van der Waals surface area (Å²) in [6, 6.07) is -1.60. The largest absolute Gasteiger partial charge is 0.387 e. The van der Waals surface area contributed by atoms with E-state index in [1.54, 1.807) is 13.2 Å².